The van der Waals surface area contributed by atoms with Crippen molar-refractivity contribution in [3.8, 4) is 11.5 Å². The van der Waals surface area contributed by atoms with E-state index in [1.54, 1.807) is 31.3 Å². The second-order valence-electron chi connectivity index (χ2n) is 6.74. The Bertz CT molecular complexity index is 835. The minimum Gasteiger partial charge on any atom is -0.493 e. The Morgan fingerprint density at radius 2 is 1.96 bits per heavy atom. The number of aromatic nitrogens is 3. The van der Waals surface area contributed by atoms with E-state index in [1.165, 1.54) is 12.8 Å². The maximum atomic E-state index is 12.3. The Hall–Kier alpha value is -2.83. The van der Waals surface area contributed by atoms with Gasteiger partial charge in [-0.3, -0.25) is 4.79 Å². The molecule has 0 unspecified atom stereocenters. The Labute approximate surface area is 152 Å². The van der Waals surface area contributed by atoms with Crippen molar-refractivity contribution in [2.75, 3.05) is 27.3 Å². The number of hydrogen-bond donors (Lipinski definition) is 0. The van der Waals surface area contributed by atoms with E-state index in [-0.39, 0.29) is 11.9 Å². The van der Waals surface area contributed by atoms with Gasteiger partial charge in [0.25, 0.3) is 0 Å². The summed E-state index contributed by atoms with van der Waals surface area (Å²) >= 11 is 0. The first-order chi connectivity index (χ1) is 12.7. The van der Waals surface area contributed by atoms with Gasteiger partial charge in [-0.2, -0.15) is 0 Å². The number of rotatable bonds is 6. The molecule has 2 aromatic rings. The van der Waals surface area contributed by atoms with Crippen molar-refractivity contribution >= 4 is 12.0 Å². The molecule has 0 atom stereocenters. The number of amides is 1. The quantitative estimate of drug-likeness (QED) is 0.745. The van der Waals surface area contributed by atoms with Gasteiger partial charge in [-0.1, -0.05) is 11.3 Å². The van der Waals surface area contributed by atoms with Gasteiger partial charge in [0.1, 0.15) is 0 Å². The maximum Gasteiger partial charge on any atom is 0.246 e. The summed E-state index contributed by atoms with van der Waals surface area (Å²) in [6, 6.07) is 5.79. The van der Waals surface area contributed by atoms with Crippen LogP contribution in [0.5, 0.6) is 11.5 Å². The minimum atomic E-state index is -0.00133. The third kappa shape index (κ3) is 3.29. The molecule has 136 valence electrons. The molecule has 1 aromatic heterocycles. The summed E-state index contributed by atoms with van der Waals surface area (Å²) in [5, 5.41) is 8.44. The summed E-state index contributed by atoms with van der Waals surface area (Å²) in [4.78, 5) is 14.1. The van der Waals surface area contributed by atoms with Crippen molar-refractivity contribution in [3.63, 3.8) is 0 Å². The molecule has 2 aliphatic rings. The van der Waals surface area contributed by atoms with Crippen LogP contribution in [0.4, 0.5) is 0 Å². The monoisotopic (exact) mass is 354 g/mol. The predicted molar refractivity (Wildman–Crippen MR) is 96.2 cm³/mol. The number of nitrogens with zero attached hydrogens (tertiary/aromatic N) is 4. The first-order valence-corrected chi connectivity index (χ1v) is 8.78. The molecule has 0 spiro atoms. The number of methoxy groups -OCH3 is 2. The van der Waals surface area contributed by atoms with E-state index in [0.29, 0.717) is 30.5 Å². The molecule has 1 amide bonds. The van der Waals surface area contributed by atoms with Gasteiger partial charge in [-0.25, -0.2) is 4.68 Å². The van der Waals surface area contributed by atoms with Crippen LogP contribution in [0.1, 0.15) is 36.1 Å². The van der Waals surface area contributed by atoms with E-state index in [0.717, 1.165) is 11.3 Å². The average Bonchev–Trinajstić information content (AvgIpc) is 3.37. The van der Waals surface area contributed by atoms with E-state index in [2.05, 4.69) is 10.3 Å². The zero-order chi connectivity index (χ0) is 18.1. The lowest BCUT2D eigenvalue weighted by Crippen LogP contribution is -2.50. The zero-order valence-electron chi connectivity index (χ0n) is 15.0. The zero-order valence-corrected chi connectivity index (χ0v) is 15.0. The van der Waals surface area contributed by atoms with Crippen LogP contribution >= 0.6 is 0 Å². The van der Waals surface area contributed by atoms with E-state index in [9.17, 15) is 4.79 Å². The van der Waals surface area contributed by atoms with Gasteiger partial charge >= 0.3 is 0 Å². The molecule has 7 heteroatoms. The van der Waals surface area contributed by atoms with Crippen LogP contribution in [-0.2, 0) is 4.79 Å². The molecule has 0 N–H and O–H groups in total. The summed E-state index contributed by atoms with van der Waals surface area (Å²) in [6.45, 7) is 1.34. The standard InChI is InChI=1S/C19H22N4O3/c1-25-17-7-3-13(9-18(17)26-2)4-8-19(24)22-10-15(11-22)23-12-16(20-21-23)14-5-6-14/h3-4,7-9,12,14-15H,5-6,10-11H2,1-2H3/b8-4+. The molecule has 26 heavy (non-hydrogen) atoms. The van der Waals surface area contributed by atoms with Crippen LogP contribution in [-0.4, -0.2) is 53.1 Å². The van der Waals surface area contributed by atoms with Gasteiger partial charge in [0, 0.05) is 31.3 Å². The molecule has 0 radical (unpaired) electrons. The molecule has 4 rings (SSSR count). The number of carbonyl (C=O) groups is 1. The maximum absolute atomic E-state index is 12.3. The molecular formula is C19H22N4O3. The van der Waals surface area contributed by atoms with E-state index >= 15 is 0 Å². The normalized spacial score (nSPS) is 17.4. The van der Waals surface area contributed by atoms with Crippen LogP contribution in [0.25, 0.3) is 6.08 Å². The van der Waals surface area contributed by atoms with Crippen molar-refractivity contribution in [3.05, 3.63) is 41.7 Å². The molecular weight excluding hydrogens is 332 g/mol. The number of benzene rings is 1. The molecule has 0 bridgehead atoms. The first kappa shape index (κ1) is 16.6. The molecule has 2 heterocycles. The highest BCUT2D eigenvalue weighted by Gasteiger charge is 2.33. The van der Waals surface area contributed by atoms with Crippen LogP contribution in [0.3, 0.4) is 0 Å². The fraction of sp³-hybridized carbons (Fsp3) is 0.421. The van der Waals surface area contributed by atoms with Crippen molar-refractivity contribution in [2.24, 2.45) is 0 Å². The fourth-order valence-electron chi connectivity index (χ4n) is 3.07. The molecule has 1 saturated heterocycles. The third-order valence-corrected chi connectivity index (χ3v) is 4.90. The third-order valence-electron chi connectivity index (χ3n) is 4.90. The smallest absolute Gasteiger partial charge is 0.246 e. The highest BCUT2D eigenvalue weighted by Crippen LogP contribution is 2.39. The van der Waals surface area contributed by atoms with E-state index in [1.807, 2.05) is 29.1 Å². The Morgan fingerprint density at radius 1 is 1.19 bits per heavy atom. The van der Waals surface area contributed by atoms with Gasteiger partial charge in [-0.15, -0.1) is 5.10 Å². The minimum absolute atomic E-state index is 0.00133. The van der Waals surface area contributed by atoms with Crippen LogP contribution in [0, 0.1) is 0 Å². The molecule has 1 saturated carbocycles. The fourth-order valence-corrected chi connectivity index (χ4v) is 3.07. The first-order valence-electron chi connectivity index (χ1n) is 8.78. The lowest BCUT2D eigenvalue weighted by Gasteiger charge is -2.38. The largest absolute Gasteiger partial charge is 0.493 e. The summed E-state index contributed by atoms with van der Waals surface area (Å²) in [7, 11) is 3.19. The molecule has 1 aliphatic heterocycles. The topological polar surface area (TPSA) is 69.5 Å². The van der Waals surface area contributed by atoms with Crippen molar-refractivity contribution in [1.29, 1.82) is 0 Å². The molecule has 2 fully saturated rings. The van der Waals surface area contributed by atoms with Gasteiger partial charge in [0.05, 0.1) is 26.0 Å². The molecule has 1 aromatic carbocycles. The van der Waals surface area contributed by atoms with Crippen LogP contribution < -0.4 is 9.47 Å². The Kier molecular flexibility index (Phi) is 4.36. The summed E-state index contributed by atoms with van der Waals surface area (Å²) in [5.41, 5.74) is 1.97. The van der Waals surface area contributed by atoms with E-state index < -0.39 is 0 Å². The van der Waals surface area contributed by atoms with Crippen molar-refractivity contribution < 1.29 is 14.3 Å². The number of carbonyl (C=O) groups excluding carboxylic acids is 1. The van der Waals surface area contributed by atoms with Gasteiger partial charge in [0.2, 0.25) is 5.91 Å². The summed E-state index contributed by atoms with van der Waals surface area (Å²) < 4.78 is 12.4. The average molecular weight is 354 g/mol. The SMILES string of the molecule is COc1ccc(/C=C/C(=O)N2CC(n3cc(C4CC4)nn3)C2)cc1OC. The highest BCUT2D eigenvalue weighted by molar-refractivity contribution is 5.92. The van der Waals surface area contributed by atoms with Crippen LogP contribution in [0.2, 0.25) is 0 Å². The molecule has 7 nitrogen and oxygen atoms in total. The summed E-state index contributed by atoms with van der Waals surface area (Å²) in [6.07, 6.45) is 7.85. The number of ether oxygens (including phenoxy) is 2. The van der Waals surface area contributed by atoms with Gasteiger partial charge < -0.3 is 14.4 Å². The van der Waals surface area contributed by atoms with E-state index in [4.69, 9.17) is 9.47 Å². The van der Waals surface area contributed by atoms with Crippen molar-refractivity contribution in [1.82, 2.24) is 19.9 Å². The van der Waals surface area contributed by atoms with Gasteiger partial charge in [0.15, 0.2) is 11.5 Å². The number of hydrogen-bond acceptors (Lipinski definition) is 5. The Balaban J connectivity index is 1.33. The highest BCUT2D eigenvalue weighted by atomic mass is 16.5. The molecule has 1 aliphatic carbocycles. The predicted octanol–water partition coefficient (Wildman–Crippen LogP) is 2.27. The Morgan fingerprint density at radius 3 is 2.65 bits per heavy atom. The van der Waals surface area contributed by atoms with Gasteiger partial charge in [-0.05, 0) is 36.6 Å². The lowest BCUT2D eigenvalue weighted by molar-refractivity contribution is -0.131. The second-order valence-corrected chi connectivity index (χ2v) is 6.74. The summed E-state index contributed by atoms with van der Waals surface area (Å²) in [5.74, 6) is 1.91. The lowest BCUT2D eigenvalue weighted by atomic mass is 10.1. The van der Waals surface area contributed by atoms with Crippen molar-refractivity contribution in [2.45, 2.75) is 24.8 Å². The second kappa shape index (κ2) is 6.82. The number of likely N-dealkylation sites (tertiary alicyclic amines) is 1. The van der Waals surface area contributed by atoms with Crippen LogP contribution in [0.15, 0.2) is 30.5 Å².